The highest BCUT2D eigenvalue weighted by Crippen LogP contribution is 2.07. The molecular formula is C12H19N3O2. The van der Waals surface area contributed by atoms with Crippen molar-refractivity contribution in [3.8, 4) is 0 Å². The van der Waals surface area contributed by atoms with E-state index < -0.39 is 0 Å². The van der Waals surface area contributed by atoms with Gasteiger partial charge in [-0.3, -0.25) is 4.79 Å². The summed E-state index contributed by atoms with van der Waals surface area (Å²) < 4.78 is 0. The molecule has 5 nitrogen and oxygen atoms in total. The zero-order valence-corrected chi connectivity index (χ0v) is 10.3. The third kappa shape index (κ3) is 4.03. The molecule has 0 aliphatic rings. The smallest absolute Gasteiger partial charge is 0.255 e. The average molecular weight is 237 g/mol. The summed E-state index contributed by atoms with van der Waals surface area (Å²) >= 11 is 0. The lowest BCUT2D eigenvalue weighted by atomic mass is 10.2. The van der Waals surface area contributed by atoms with Gasteiger partial charge in [-0.1, -0.05) is 6.92 Å². The summed E-state index contributed by atoms with van der Waals surface area (Å²) in [6, 6.07) is 3.52. The molecule has 0 unspecified atom stereocenters. The van der Waals surface area contributed by atoms with Gasteiger partial charge in [0.1, 0.15) is 5.82 Å². The summed E-state index contributed by atoms with van der Waals surface area (Å²) in [4.78, 5) is 17.4. The third-order valence-electron chi connectivity index (χ3n) is 2.35. The van der Waals surface area contributed by atoms with E-state index in [2.05, 4.69) is 17.2 Å². The first-order valence-electron chi connectivity index (χ1n) is 5.75. The Morgan fingerprint density at radius 3 is 2.82 bits per heavy atom. The number of carbonyl (C=O) groups is 1. The zero-order chi connectivity index (χ0) is 12.7. The van der Waals surface area contributed by atoms with E-state index in [1.54, 1.807) is 25.4 Å². The topological polar surface area (TPSA) is 65.5 Å². The van der Waals surface area contributed by atoms with Gasteiger partial charge in [-0.25, -0.2) is 4.98 Å². The minimum atomic E-state index is -0.131. The molecular weight excluding hydrogens is 218 g/mol. The minimum absolute atomic E-state index is 0.0359. The molecule has 0 saturated carbocycles. The van der Waals surface area contributed by atoms with Gasteiger partial charge >= 0.3 is 0 Å². The Morgan fingerprint density at radius 1 is 1.53 bits per heavy atom. The summed E-state index contributed by atoms with van der Waals surface area (Å²) in [7, 11) is 1.65. The van der Waals surface area contributed by atoms with Crippen LogP contribution in [0.2, 0.25) is 0 Å². The van der Waals surface area contributed by atoms with Gasteiger partial charge in [0.15, 0.2) is 0 Å². The molecule has 94 valence electrons. The van der Waals surface area contributed by atoms with Crippen LogP contribution < -0.4 is 5.32 Å². The number of nitrogens with one attached hydrogen (secondary N) is 1. The van der Waals surface area contributed by atoms with Crippen molar-refractivity contribution in [1.82, 2.24) is 9.88 Å². The summed E-state index contributed by atoms with van der Waals surface area (Å²) in [5.41, 5.74) is 0.531. The summed E-state index contributed by atoms with van der Waals surface area (Å²) in [5, 5.41) is 11.9. The van der Waals surface area contributed by atoms with Crippen molar-refractivity contribution in [1.29, 1.82) is 0 Å². The van der Waals surface area contributed by atoms with Crippen LogP contribution >= 0.6 is 0 Å². The molecule has 1 aromatic rings. The Morgan fingerprint density at radius 2 is 2.29 bits per heavy atom. The first-order valence-corrected chi connectivity index (χ1v) is 5.75. The second kappa shape index (κ2) is 6.85. The van der Waals surface area contributed by atoms with Gasteiger partial charge in [-0.15, -0.1) is 0 Å². The van der Waals surface area contributed by atoms with E-state index in [9.17, 15) is 4.79 Å². The van der Waals surface area contributed by atoms with E-state index in [4.69, 9.17) is 5.11 Å². The summed E-state index contributed by atoms with van der Waals surface area (Å²) in [5.74, 6) is 0.641. The highest BCUT2D eigenvalue weighted by molar-refractivity contribution is 5.93. The van der Waals surface area contributed by atoms with Crippen molar-refractivity contribution in [3.05, 3.63) is 23.9 Å². The molecule has 1 rings (SSSR count). The fourth-order valence-electron chi connectivity index (χ4n) is 1.35. The predicted octanol–water partition coefficient (Wildman–Crippen LogP) is 0.968. The van der Waals surface area contributed by atoms with E-state index in [-0.39, 0.29) is 12.5 Å². The molecule has 0 aliphatic carbocycles. The Balaban J connectivity index is 2.63. The van der Waals surface area contributed by atoms with Crippen LogP contribution in [0.4, 0.5) is 5.82 Å². The third-order valence-corrected chi connectivity index (χ3v) is 2.35. The van der Waals surface area contributed by atoms with Crippen molar-refractivity contribution in [2.75, 3.05) is 32.1 Å². The number of aromatic nitrogens is 1. The lowest BCUT2D eigenvalue weighted by Crippen LogP contribution is -2.29. The van der Waals surface area contributed by atoms with E-state index in [0.29, 0.717) is 12.1 Å². The molecule has 0 radical (unpaired) electrons. The van der Waals surface area contributed by atoms with Crippen LogP contribution in [0.15, 0.2) is 18.3 Å². The van der Waals surface area contributed by atoms with E-state index in [0.717, 1.165) is 18.8 Å². The van der Waals surface area contributed by atoms with Crippen molar-refractivity contribution in [3.63, 3.8) is 0 Å². The standard InChI is InChI=1S/C12H19N3O2/c1-3-6-13-11-5-4-10(9-14-11)12(17)15(2)7-8-16/h4-5,9,16H,3,6-8H2,1-2H3,(H,13,14). The molecule has 0 bridgehead atoms. The quantitative estimate of drug-likeness (QED) is 0.773. The van der Waals surface area contributed by atoms with Crippen LogP contribution in [0.5, 0.6) is 0 Å². The Kier molecular flexibility index (Phi) is 5.42. The van der Waals surface area contributed by atoms with Crippen molar-refractivity contribution >= 4 is 11.7 Å². The Hall–Kier alpha value is -1.62. The molecule has 0 saturated heterocycles. The monoisotopic (exact) mass is 237 g/mol. The van der Waals surface area contributed by atoms with Crippen molar-refractivity contribution in [2.45, 2.75) is 13.3 Å². The Labute approximate surface area is 101 Å². The van der Waals surface area contributed by atoms with Crippen LogP contribution in [0.1, 0.15) is 23.7 Å². The van der Waals surface area contributed by atoms with Crippen LogP contribution in [0.3, 0.4) is 0 Å². The first kappa shape index (κ1) is 13.4. The number of aliphatic hydroxyl groups is 1. The fraction of sp³-hybridized carbons (Fsp3) is 0.500. The second-order valence-electron chi connectivity index (χ2n) is 3.81. The number of anilines is 1. The molecule has 1 aromatic heterocycles. The van der Waals surface area contributed by atoms with Gasteiger partial charge in [0.2, 0.25) is 0 Å². The highest BCUT2D eigenvalue weighted by atomic mass is 16.3. The molecule has 0 aliphatic heterocycles. The number of amides is 1. The number of carbonyl (C=O) groups excluding carboxylic acids is 1. The van der Waals surface area contributed by atoms with E-state index in [1.165, 1.54) is 4.90 Å². The number of nitrogens with zero attached hydrogens (tertiary/aromatic N) is 2. The summed E-state index contributed by atoms with van der Waals surface area (Å²) in [6.07, 6.45) is 2.58. The van der Waals surface area contributed by atoms with Crippen molar-refractivity contribution < 1.29 is 9.90 Å². The molecule has 0 atom stereocenters. The maximum Gasteiger partial charge on any atom is 0.255 e. The fourth-order valence-corrected chi connectivity index (χ4v) is 1.35. The lowest BCUT2D eigenvalue weighted by molar-refractivity contribution is 0.0766. The molecule has 0 spiro atoms. The number of hydrogen-bond acceptors (Lipinski definition) is 4. The molecule has 2 N–H and O–H groups in total. The first-order chi connectivity index (χ1) is 8.19. The van der Waals surface area contributed by atoms with E-state index in [1.807, 2.05) is 0 Å². The Bertz CT molecular complexity index is 351. The lowest BCUT2D eigenvalue weighted by Gasteiger charge is -2.15. The molecule has 0 fully saturated rings. The average Bonchev–Trinajstić information content (AvgIpc) is 2.36. The molecule has 0 aromatic carbocycles. The highest BCUT2D eigenvalue weighted by Gasteiger charge is 2.10. The van der Waals surface area contributed by atoms with Crippen molar-refractivity contribution in [2.24, 2.45) is 0 Å². The van der Waals surface area contributed by atoms with Gasteiger partial charge < -0.3 is 15.3 Å². The number of aliphatic hydroxyl groups excluding tert-OH is 1. The maximum absolute atomic E-state index is 11.8. The normalized spacial score (nSPS) is 10.1. The molecule has 1 heterocycles. The van der Waals surface area contributed by atoms with Gasteiger partial charge in [0, 0.05) is 26.3 Å². The predicted molar refractivity (Wildman–Crippen MR) is 67.1 cm³/mol. The molecule has 17 heavy (non-hydrogen) atoms. The van der Waals surface area contributed by atoms with Gasteiger partial charge in [-0.05, 0) is 18.6 Å². The maximum atomic E-state index is 11.8. The largest absolute Gasteiger partial charge is 0.395 e. The summed E-state index contributed by atoms with van der Waals surface area (Å²) in [6.45, 7) is 3.24. The molecule has 5 heteroatoms. The van der Waals surface area contributed by atoms with Gasteiger partial charge in [0.25, 0.3) is 5.91 Å². The van der Waals surface area contributed by atoms with E-state index >= 15 is 0 Å². The molecule has 1 amide bonds. The van der Waals surface area contributed by atoms with Crippen LogP contribution in [-0.4, -0.2) is 47.6 Å². The zero-order valence-electron chi connectivity index (χ0n) is 10.3. The van der Waals surface area contributed by atoms with Crippen LogP contribution in [-0.2, 0) is 0 Å². The number of hydrogen-bond donors (Lipinski definition) is 2. The second-order valence-corrected chi connectivity index (χ2v) is 3.81. The van der Waals surface area contributed by atoms with Crippen LogP contribution in [0, 0.1) is 0 Å². The number of pyridine rings is 1. The van der Waals surface area contributed by atoms with Crippen LogP contribution in [0.25, 0.3) is 0 Å². The minimum Gasteiger partial charge on any atom is -0.395 e. The number of rotatable bonds is 6. The SMILES string of the molecule is CCCNc1ccc(C(=O)N(C)CCO)cn1. The van der Waals surface area contributed by atoms with Gasteiger partial charge in [0.05, 0.1) is 12.2 Å². The number of likely N-dealkylation sites (N-methyl/N-ethyl adjacent to an activating group) is 1. The van der Waals surface area contributed by atoms with Gasteiger partial charge in [-0.2, -0.15) is 0 Å².